The number of ether oxygens (including phenoxy) is 2. The zero-order chi connectivity index (χ0) is 22.5. The molecule has 0 radical (unpaired) electrons. The number of nitrogens with one attached hydrogen (secondary N) is 1. The van der Waals surface area contributed by atoms with Crippen LogP contribution < -0.4 is 14.8 Å². The van der Waals surface area contributed by atoms with Crippen LogP contribution in [0.25, 0.3) is 22.2 Å². The molecule has 1 saturated heterocycles. The van der Waals surface area contributed by atoms with E-state index in [9.17, 15) is 9.18 Å². The van der Waals surface area contributed by atoms with Gasteiger partial charge in [-0.1, -0.05) is 6.42 Å². The van der Waals surface area contributed by atoms with Gasteiger partial charge in [0.05, 0.1) is 31.0 Å². The molecule has 1 amide bonds. The van der Waals surface area contributed by atoms with Crippen molar-refractivity contribution in [2.45, 2.75) is 19.3 Å². The SMILES string of the molecule is COc1ccc(-c2cc(C(=O)NCCN3CCCCC3)c3cc(F)ccc3n2)c(OC)c1. The van der Waals surface area contributed by atoms with Crippen LogP contribution in [0.1, 0.15) is 29.6 Å². The van der Waals surface area contributed by atoms with E-state index < -0.39 is 5.82 Å². The zero-order valence-electron chi connectivity index (χ0n) is 18.5. The van der Waals surface area contributed by atoms with Crippen LogP contribution in [0.15, 0.2) is 42.5 Å². The normalized spacial score (nSPS) is 14.3. The van der Waals surface area contributed by atoms with Crippen molar-refractivity contribution in [3.05, 3.63) is 53.8 Å². The Kier molecular flexibility index (Phi) is 6.85. The lowest BCUT2D eigenvalue weighted by molar-refractivity contribution is 0.0948. The molecule has 1 fully saturated rings. The van der Waals surface area contributed by atoms with Crippen LogP contribution in [-0.4, -0.2) is 56.2 Å². The number of aromatic nitrogens is 1. The smallest absolute Gasteiger partial charge is 0.252 e. The molecule has 0 atom stereocenters. The molecule has 2 heterocycles. The summed E-state index contributed by atoms with van der Waals surface area (Å²) in [6.45, 7) is 3.49. The Balaban J connectivity index is 1.66. The Labute approximate surface area is 187 Å². The fourth-order valence-electron chi connectivity index (χ4n) is 4.14. The van der Waals surface area contributed by atoms with Crippen molar-refractivity contribution >= 4 is 16.8 Å². The van der Waals surface area contributed by atoms with E-state index in [1.807, 2.05) is 12.1 Å². The molecule has 0 aliphatic carbocycles. The molecule has 1 aliphatic heterocycles. The van der Waals surface area contributed by atoms with Crippen molar-refractivity contribution in [2.24, 2.45) is 0 Å². The van der Waals surface area contributed by atoms with Crippen LogP contribution in [0.3, 0.4) is 0 Å². The van der Waals surface area contributed by atoms with Crippen molar-refractivity contribution in [1.29, 1.82) is 0 Å². The first-order valence-corrected chi connectivity index (χ1v) is 10.9. The number of carbonyl (C=O) groups excluding carboxylic acids is 1. The maximum Gasteiger partial charge on any atom is 0.252 e. The minimum Gasteiger partial charge on any atom is -0.497 e. The number of pyridine rings is 1. The molecule has 4 rings (SSSR count). The molecule has 6 nitrogen and oxygen atoms in total. The van der Waals surface area contributed by atoms with Crippen LogP contribution in [0.5, 0.6) is 11.5 Å². The van der Waals surface area contributed by atoms with Gasteiger partial charge in [0.1, 0.15) is 17.3 Å². The average molecular weight is 438 g/mol. The molecule has 1 N–H and O–H groups in total. The summed E-state index contributed by atoms with van der Waals surface area (Å²) < 4.78 is 24.8. The number of rotatable bonds is 7. The fraction of sp³-hybridized carbons (Fsp3) is 0.360. The van der Waals surface area contributed by atoms with Gasteiger partial charge in [-0.05, 0) is 62.3 Å². The molecule has 3 aromatic rings. The number of hydrogen-bond donors (Lipinski definition) is 1. The van der Waals surface area contributed by atoms with Crippen LogP contribution in [0.4, 0.5) is 4.39 Å². The van der Waals surface area contributed by atoms with E-state index in [2.05, 4.69) is 15.2 Å². The standard InChI is InChI=1S/C25H28FN3O3/c1-31-18-7-8-19(24(15-18)32-2)23-16-21(20-14-17(26)6-9-22(20)28-23)25(30)27-10-13-29-11-4-3-5-12-29/h6-9,14-16H,3-5,10-13H2,1-2H3,(H,27,30). The molecule has 7 heteroatoms. The Bertz CT molecular complexity index is 1110. The molecule has 0 unspecified atom stereocenters. The van der Waals surface area contributed by atoms with Crippen LogP contribution in [0, 0.1) is 5.82 Å². The van der Waals surface area contributed by atoms with E-state index in [0.29, 0.717) is 40.2 Å². The number of likely N-dealkylation sites (tertiary alicyclic amines) is 1. The van der Waals surface area contributed by atoms with E-state index >= 15 is 0 Å². The van der Waals surface area contributed by atoms with Crippen LogP contribution in [-0.2, 0) is 0 Å². The van der Waals surface area contributed by atoms with E-state index in [-0.39, 0.29) is 5.91 Å². The molecule has 168 valence electrons. The third-order valence-corrected chi connectivity index (χ3v) is 5.86. The van der Waals surface area contributed by atoms with Gasteiger partial charge in [0.25, 0.3) is 5.91 Å². The first kappa shape index (κ1) is 22.0. The van der Waals surface area contributed by atoms with Gasteiger partial charge in [0.2, 0.25) is 0 Å². The Morgan fingerprint density at radius 1 is 1.06 bits per heavy atom. The molecule has 1 aliphatic rings. The van der Waals surface area contributed by atoms with E-state index in [1.54, 1.807) is 32.4 Å². The van der Waals surface area contributed by atoms with E-state index in [4.69, 9.17) is 9.47 Å². The number of halogens is 1. The van der Waals surface area contributed by atoms with Crippen molar-refractivity contribution < 1.29 is 18.7 Å². The number of nitrogens with zero attached hydrogens (tertiary/aromatic N) is 2. The van der Waals surface area contributed by atoms with Gasteiger partial charge in [-0.25, -0.2) is 9.37 Å². The average Bonchev–Trinajstić information content (AvgIpc) is 2.83. The molecule has 0 bridgehead atoms. The molecular formula is C25H28FN3O3. The second-order valence-electron chi connectivity index (χ2n) is 7.94. The van der Waals surface area contributed by atoms with Gasteiger partial charge in [-0.15, -0.1) is 0 Å². The van der Waals surface area contributed by atoms with Crippen LogP contribution in [0.2, 0.25) is 0 Å². The summed E-state index contributed by atoms with van der Waals surface area (Å²) in [5.41, 5.74) is 2.23. The predicted octanol–water partition coefficient (Wildman–Crippen LogP) is 4.27. The fourth-order valence-corrected chi connectivity index (χ4v) is 4.14. The van der Waals surface area contributed by atoms with Crippen LogP contribution >= 0.6 is 0 Å². The van der Waals surface area contributed by atoms with Gasteiger partial charge in [-0.3, -0.25) is 4.79 Å². The minimum atomic E-state index is -0.406. The number of carbonyl (C=O) groups is 1. The van der Waals surface area contributed by atoms with E-state index in [0.717, 1.165) is 25.2 Å². The maximum absolute atomic E-state index is 14.0. The highest BCUT2D eigenvalue weighted by Crippen LogP contribution is 2.34. The quantitative estimate of drug-likeness (QED) is 0.598. The predicted molar refractivity (Wildman–Crippen MR) is 123 cm³/mol. The lowest BCUT2D eigenvalue weighted by atomic mass is 10.0. The van der Waals surface area contributed by atoms with Gasteiger partial charge >= 0.3 is 0 Å². The second kappa shape index (κ2) is 9.96. The molecule has 0 saturated carbocycles. The Morgan fingerprint density at radius 2 is 1.88 bits per heavy atom. The first-order chi connectivity index (χ1) is 15.6. The number of benzene rings is 2. The van der Waals surface area contributed by atoms with Gasteiger partial charge < -0.3 is 19.7 Å². The number of hydrogen-bond acceptors (Lipinski definition) is 5. The number of amides is 1. The Morgan fingerprint density at radius 3 is 2.62 bits per heavy atom. The third kappa shape index (κ3) is 4.83. The summed E-state index contributed by atoms with van der Waals surface area (Å²) in [4.78, 5) is 20.2. The maximum atomic E-state index is 14.0. The lowest BCUT2D eigenvalue weighted by Gasteiger charge is -2.26. The summed E-state index contributed by atoms with van der Waals surface area (Å²) in [7, 11) is 3.16. The molecule has 1 aromatic heterocycles. The Hall–Kier alpha value is -3.19. The third-order valence-electron chi connectivity index (χ3n) is 5.86. The van der Waals surface area contributed by atoms with Crippen molar-refractivity contribution in [2.75, 3.05) is 40.4 Å². The van der Waals surface area contributed by atoms with Crippen molar-refractivity contribution in [1.82, 2.24) is 15.2 Å². The summed E-state index contributed by atoms with van der Waals surface area (Å²) in [5, 5.41) is 3.48. The summed E-state index contributed by atoms with van der Waals surface area (Å²) in [6, 6.07) is 11.4. The van der Waals surface area contributed by atoms with E-state index in [1.165, 1.54) is 31.4 Å². The number of methoxy groups -OCH3 is 2. The van der Waals surface area contributed by atoms with Gasteiger partial charge in [0.15, 0.2) is 0 Å². The molecule has 0 spiro atoms. The summed E-state index contributed by atoms with van der Waals surface area (Å²) in [6.07, 6.45) is 3.68. The van der Waals surface area contributed by atoms with Gasteiger partial charge in [-0.2, -0.15) is 0 Å². The second-order valence-corrected chi connectivity index (χ2v) is 7.94. The monoisotopic (exact) mass is 437 g/mol. The number of fused-ring (bicyclic) bond motifs is 1. The zero-order valence-corrected chi connectivity index (χ0v) is 18.5. The molecular weight excluding hydrogens is 409 g/mol. The molecule has 2 aromatic carbocycles. The molecule has 32 heavy (non-hydrogen) atoms. The highest BCUT2D eigenvalue weighted by Gasteiger charge is 2.18. The highest BCUT2D eigenvalue weighted by atomic mass is 19.1. The summed E-state index contributed by atoms with van der Waals surface area (Å²) >= 11 is 0. The number of piperidine rings is 1. The van der Waals surface area contributed by atoms with Crippen molar-refractivity contribution in [3.8, 4) is 22.8 Å². The topological polar surface area (TPSA) is 63.7 Å². The van der Waals surface area contributed by atoms with Crippen molar-refractivity contribution in [3.63, 3.8) is 0 Å². The first-order valence-electron chi connectivity index (χ1n) is 10.9. The highest BCUT2D eigenvalue weighted by molar-refractivity contribution is 6.07. The van der Waals surface area contributed by atoms with Gasteiger partial charge in [0, 0.05) is 30.1 Å². The largest absolute Gasteiger partial charge is 0.497 e. The lowest BCUT2D eigenvalue weighted by Crippen LogP contribution is -2.37. The minimum absolute atomic E-state index is 0.242. The summed E-state index contributed by atoms with van der Waals surface area (Å²) in [5.74, 6) is 0.587.